The van der Waals surface area contributed by atoms with Crippen LogP contribution in [0.15, 0.2) is 22.1 Å². The molecule has 0 N–H and O–H groups in total. The summed E-state index contributed by atoms with van der Waals surface area (Å²) in [5.74, 6) is 0. The normalized spacial score (nSPS) is 21.5. The Labute approximate surface area is 218 Å². The number of hydrogen-bond donors (Lipinski definition) is 0. The zero-order chi connectivity index (χ0) is 24.9. The minimum Gasteiger partial charge on any atom is -0.444 e. The molecule has 0 radical (unpaired) electrons. The first-order chi connectivity index (χ1) is 15.4. The largest absolute Gasteiger partial charge is 0.444 e. The van der Waals surface area contributed by atoms with Gasteiger partial charge in [-0.1, -0.05) is 26.0 Å². The standard InChI is InChI=1S/C10H18N2S.C10H19NO2.C5H7NS.CH4/c1-10(2)8-11-9(13-10)12-6-4-3-5-7-12;1-10(2,3)13-9(12)11-7-5-4-6-8-11;1-5(2)3-6-4-7;/h8-9H,3-7H2,1-2H3;4-8H2,1-3H3;1,3H2,2H3;1H4. The van der Waals surface area contributed by atoms with Gasteiger partial charge in [0.2, 0.25) is 0 Å². The molecule has 3 rings (SSSR count). The van der Waals surface area contributed by atoms with Crippen LogP contribution in [0.2, 0.25) is 0 Å². The third-order valence-electron chi connectivity index (χ3n) is 5.05. The smallest absolute Gasteiger partial charge is 0.410 e. The van der Waals surface area contributed by atoms with Gasteiger partial charge in [-0.2, -0.15) is 0 Å². The van der Waals surface area contributed by atoms with E-state index < -0.39 is 0 Å². The predicted molar refractivity (Wildman–Crippen MR) is 152 cm³/mol. The number of thioether (sulfide) groups is 1. The molecule has 6 nitrogen and oxygen atoms in total. The van der Waals surface area contributed by atoms with E-state index in [1.165, 1.54) is 38.8 Å². The number of aliphatic imine (C=N–C) groups is 2. The maximum atomic E-state index is 11.5. The summed E-state index contributed by atoms with van der Waals surface area (Å²) in [6.45, 7) is 20.5. The molecule has 0 aromatic carbocycles. The number of isothiocyanates is 1. The number of nitrogens with zero attached hydrogens (tertiary/aromatic N) is 4. The number of amides is 1. The highest BCUT2D eigenvalue weighted by atomic mass is 32.2. The predicted octanol–water partition coefficient (Wildman–Crippen LogP) is 7.06. The molecule has 1 amide bonds. The molecule has 34 heavy (non-hydrogen) atoms. The van der Waals surface area contributed by atoms with E-state index in [0.29, 0.717) is 12.0 Å². The molecule has 0 aliphatic carbocycles. The number of rotatable bonds is 3. The van der Waals surface area contributed by atoms with E-state index in [1.807, 2.05) is 39.5 Å². The third-order valence-corrected chi connectivity index (χ3v) is 6.52. The van der Waals surface area contributed by atoms with Gasteiger partial charge in [0.25, 0.3) is 0 Å². The molecular weight excluding hydrogens is 464 g/mol. The van der Waals surface area contributed by atoms with Crippen molar-refractivity contribution in [1.82, 2.24) is 9.80 Å². The molecule has 1 atom stereocenters. The van der Waals surface area contributed by atoms with E-state index in [9.17, 15) is 4.79 Å². The number of carbonyl (C=O) groups excluding carboxylic acids is 1. The highest BCUT2D eigenvalue weighted by Gasteiger charge is 2.31. The van der Waals surface area contributed by atoms with E-state index in [4.69, 9.17) is 4.74 Å². The van der Waals surface area contributed by atoms with Crippen molar-refractivity contribution in [2.75, 3.05) is 32.7 Å². The number of hydrogen-bond acceptors (Lipinski definition) is 7. The van der Waals surface area contributed by atoms with Crippen molar-refractivity contribution in [1.29, 1.82) is 0 Å². The lowest BCUT2D eigenvalue weighted by Crippen LogP contribution is -2.39. The summed E-state index contributed by atoms with van der Waals surface area (Å²) < 4.78 is 5.52. The molecule has 2 saturated heterocycles. The fourth-order valence-corrected chi connectivity index (χ4v) is 4.67. The SMILES string of the molecule is C.C=C(C)CN=C=S.CC(C)(C)OC(=O)N1CCCCC1.CC1(C)C=NC(N2CCCCC2)S1. The van der Waals surface area contributed by atoms with Gasteiger partial charge in [0, 0.05) is 37.1 Å². The Bertz CT molecular complexity index is 685. The third kappa shape index (κ3) is 14.9. The minimum atomic E-state index is -0.367. The second-order valence-corrected chi connectivity index (χ2v) is 12.2. The van der Waals surface area contributed by atoms with Crippen molar-refractivity contribution in [3.05, 3.63) is 12.2 Å². The number of likely N-dealkylation sites (tertiary alicyclic amines) is 2. The monoisotopic (exact) mass is 512 g/mol. The molecule has 1 unspecified atom stereocenters. The zero-order valence-electron chi connectivity index (χ0n) is 21.6. The van der Waals surface area contributed by atoms with E-state index in [2.05, 4.69) is 58.9 Å². The second kappa shape index (κ2) is 16.5. The Morgan fingerprint density at radius 3 is 2.09 bits per heavy atom. The summed E-state index contributed by atoms with van der Waals surface area (Å²) >= 11 is 6.29. The van der Waals surface area contributed by atoms with Crippen LogP contribution >= 0.6 is 24.0 Å². The first-order valence-corrected chi connectivity index (χ1v) is 13.3. The Balaban J connectivity index is 0.000000498. The quantitative estimate of drug-likeness (QED) is 0.230. The van der Waals surface area contributed by atoms with Crippen molar-refractivity contribution < 1.29 is 9.53 Å². The molecule has 0 saturated carbocycles. The topological polar surface area (TPSA) is 57.5 Å². The molecule has 196 valence electrons. The maximum absolute atomic E-state index is 11.5. The molecule has 3 aliphatic heterocycles. The van der Waals surface area contributed by atoms with Crippen LogP contribution in [0.4, 0.5) is 4.79 Å². The van der Waals surface area contributed by atoms with Gasteiger partial charge in [-0.15, -0.1) is 11.8 Å². The van der Waals surface area contributed by atoms with Crippen molar-refractivity contribution >= 4 is 41.4 Å². The fraction of sp³-hybridized carbons (Fsp3) is 0.808. The van der Waals surface area contributed by atoms with Gasteiger partial charge >= 0.3 is 6.09 Å². The Kier molecular flexibility index (Phi) is 15.9. The van der Waals surface area contributed by atoms with Gasteiger partial charge in [0.1, 0.15) is 11.1 Å². The number of piperidine rings is 2. The zero-order valence-corrected chi connectivity index (χ0v) is 23.2. The van der Waals surface area contributed by atoms with Crippen molar-refractivity contribution in [3.63, 3.8) is 0 Å². The summed E-state index contributed by atoms with van der Waals surface area (Å²) in [6.07, 6.45) is 9.52. The molecular formula is C26H48N4O2S2. The van der Waals surface area contributed by atoms with Crippen LogP contribution in [0, 0.1) is 0 Å². The summed E-state index contributed by atoms with van der Waals surface area (Å²) in [7, 11) is 0. The lowest BCUT2D eigenvalue weighted by atomic mass is 10.1. The Morgan fingerprint density at radius 1 is 1.18 bits per heavy atom. The lowest BCUT2D eigenvalue weighted by Gasteiger charge is -2.31. The Hall–Kier alpha value is -1.21. The van der Waals surface area contributed by atoms with Crippen molar-refractivity contribution in [2.24, 2.45) is 9.98 Å². The number of thiocarbonyl (C=S) groups is 1. The lowest BCUT2D eigenvalue weighted by molar-refractivity contribution is 0.0216. The van der Waals surface area contributed by atoms with Crippen LogP contribution in [0.5, 0.6) is 0 Å². The molecule has 3 heterocycles. The second-order valence-electron chi connectivity index (χ2n) is 10.3. The van der Waals surface area contributed by atoms with Crippen molar-refractivity contribution in [2.45, 2.75) is 103 Å². The van der Waals surface area contributed by atoms with Gasteiger partial charge in [-0.25, -0.2) is 9.79 Å². The Morgan fingerprint density at radius 2 is 1.71 bits per heavy atom. The molecule has 0 bridgehead atoms. The average Bonchev–Trinajstić information content (AvgIpc) is 3.13. The summed E-state index contributed by atoms with van der Waals surface area (Å²) in [5, 5.41) is 2.25. The van der Waals surface area contributed by atoms with E-state index in [-0.39, 0.29) is 23.9 Å². The summed E-state index contributed by atoms with van der Waals surface area (Å²) in [5.41, 5.74) is 1.06. The van der Waals surface area contributed by atoms with Gasteiger partial charge in [0.05, 0.1) is 11.7 Å². The van der Waals surface area contributed by atoms with Crippen LogP contribution in [0.25, 0.3) is 0 Å². The molecule has 3 aliphatic rings. The van der Waals surface area contributed by atoms with Crippen LogP contribution in [0.1, 0.15) is 87.5 Å². The van der Waals surface area contributed by atoms with Crippen LogP contribution in [-0.4, -0.2) is 75.8 Å². The molecule has 8 heteroatoms. The highest BCUT2D eigenvalue weighted by molar-refractivity contribution is 8.02. The van der Waals surface area contributed by atoms with E-state index >= 15 is 0 Å². The first-order valence-electron chi connectivity index (χ1n) is 12.1. The maximum Gasteiger partial charge on any atom is 0.410 e. The average molecular weight is 513 g/mol. The molecule has 0 spiro atoms. The fourth-order valence-electron chi connectivity index (χ4n) is 3.45. The van der Waals surface area contributed by atoms with E-state index in [1.54, 1.807) is 4.90 Å². The van der Waals surface area contributed by atoms with Crippen LogP contribution in [0.3, 0.4) is 0 Å². The van der Waals surface area contributed by atoms with Gasteiger partial charge in [0.15, 0.2) is 0 Å². The number of carbonyl (C=O) groups is 1. The summed E-state index contributed by atoms with van der Waals surface area (Å²) in [4.78, 5) is 24.0. The first kappa shape index (κ1) is 32.8. The molecule has 2 fully saturated rings. The van der Waals surface area contributed by atoms with Crippen LogP contribution < -0.4 is 0 Å². The van der Waals surface area contributed by atoms with Gasteiger partial charge < -0.3 is 9.64 Å². The minimum absolute atomic E-state index is 0. The van der Waals surface area contributed by atoms with E-state index in [0.717, 1.165) is 31.5 Å². The molecule has 0 aromatic rings. The van der Waals surface area contributed by atoms with Crippen molar-refractivity contribution in [3.8, 4) is 0 Å². The number of ether oxygens (including phenoxy) is 1. The van der Waals surface area contributed by atoms with Gasteiger partial charge in [-0.05, 0) is 85.9 Å². The van der Waals surface area contributed by atoms with Gasteiger partial charge in [-0.3, -0.25) is 9.89 Å². The van der Waals surface area contributed by atoms with Crippen LogP contribution in [-0.2, 0) is 4.74 Å². The molecule has 0 aromatic heterocycles. The highest BCUT2D eigenvalue weighted by Crippen LogP contribution is 2.36. The summed E-state index contributed by atoms with van der Waals surface area (Å²) in [6, 6.07) is 0.